The molecule has 1 rings (SSSR count). The van der Waals surface area contributed by atoms with E-state index < -0.39 is 0 Å². The molecular weight excluding hydrogens is 152 g/mol. The van der Waals surface area contributed by atoms with Crippen LogP contribution >= 0.6 is 0 Å². The Morgan fingerprint density at radius 3 is 3.08 bits per heavy atom. The molecule has 12 heavy (non-hydrogen) atoms. The normalized spacial score (nSPS) is 26.0. The van der Waals surface area contributed by atoms with E-state index in [1.807, 2.05) is 7.05 Å². The van der Waals surface area contributed by atoms with E-state index in [0.29, 0.717) is 12.5 Å². The first-order valence-corrected chi connectivity index (χ1v) is 4.75. The van der Waals surface area contributed by atoms with Gasteiger partial charge in [-0.3, -0.25) is 0 Å². The molecular formula is C9H19N2O-. The Hall–Kier alpha value is -0.120. The van der Waals surface area contributed by atoms with E-state index in [0.717, 1.165) is 19.6 Å². The van der Waals surface area contributed by atoms with Crippen LogP contribution in [0.25, 0.3) is 5.32 Å². The van der Waals surface area contributed by atoms with Crippen LogP contribution in [0.4, 0.5) is 0 Å². The Bertz CT molecular complexity index is 119. The van der Waals surface area contributed by atoms with Gasteiger partial charge in [0, 0.05) is 13.2 Å². The van der Waals surface area contributed by atoms with E-state index in [1.54, 1.807) is 0 Å². The van der Waals surface area contributed by atoms with Crippen LogP contribution in [-0.2, 0) is 0 Å². The first kappa shape index (κ1) is 9.96. The van der Waals surface area contributed by atoms with Crippen LogP contribution in [0.15, 0.2) is 0 Å². The van der Waals surface area contributed by atoms with Crippen LogP contribution in [0.5, 0.6) is 0 Å². The van der Waals surface area contributed by atoms with Gasteiger partial charge in [-0.05, 0) is 31.8 Å². The van der Waals surface area contributed by atoms with Crippen molar-refractivity contribution in [1.29, 1.82) is 0 Å². The van der Waals surface area contributed by atoms with Crippen molar-refractivity contribution >= 4 is 0 Å². The summed E-state index contributed by atoms with van der Waals surface area (Å²) >= 11 is 0. The number of hydrogen-bond acceptors (Lipinski definition) is 2. The lowest BCUT2D eigenvalue weighted by Gasteiger charge is -2.33. The van der Waals surface area contributed by atoms with Gasteiger partial charge < -0.3 is 15.3 Å². The van der Waals surface area contributed by atoms with Crippen LogP contribution in [0.3, 0.4) is 0 Å². The average molecular weight is 171 g/mol. The molecule has 0 aromatic heterocycles. The number of rotatable bonds is 4. The smallest absolute Gasteiger partial charge is 0.0471 e. The van der Waals surface area contributed by atoms with Gasteiger partial charge in [0.15, 0.2) is 0 Å². The zero-order valence-electron chi connectivity index (χ0n) is 7.87. The van der Waals surface area contributed by atoms with Gasteiger partial charge in [0.1, 0.15) is 0 Å². The van der Waals surface area contributed by atoms with Crippen molar-refractivity contribution in [2.75, 3.05) is 39.8 Å². The minimum absolute atomic E-state index is 0.347. The monoisotopic (exact) mass is 171 g/mol. The summed E-state index contributed by atoms with van der Waals surface area (Å²) in [6.45, 7) is 4.59. The van der Waals surface area contributed by atoms with E-state index in [4.69, 9.17) is 5.11 Å². The summed E-state index contributed by atoms with van der Waals surface area (Å²) in [5.41, 5.74) is 0. The van der Waals surface area contributed by atoms with Gasteiger partial charge in [-0.25, -0.2) is 0 Å². The summed E-state index contributed by atoms with van der Waals surface area (Å²) in [5.74, 6) is 0.510. The number of likely N-dealkylation sites (N-methyl/N-ethyl adjacent to an activating group) is 1. The van der Waals surface area contributed by atoms with Crippen molar-refractivity contribution in [3.8, 4) is 0 Å². The number of aliphatic hydroxyl groups is 1. The number of aliphatic hydroxyl groups excluding tert-OH is 1. The van der Waals surface area contributed by atoms with Crippen LogP contribution in [-0.4, -0.2) is 49.8 Å². The molecule has 3 nitrogen and oxygen atoms in total. The molecule has 0 bridgehead atoms. The van der Waals surface area contributed by atoms with Crippen LogP contribution in [0.2, 0.25) is 0 Å². The highest BCUT2D eigenvalue weighted by molar-refractivity contribution is 4.77. The summed E-state index contributed by atoms with van der Waals surface area (Å²) in [7, 11) is 1.85. The minimum atomic E-state index is 0.347. The van der Waals surface area contributed by atoms with Crippen LogP contribution in [0, 0.1) is 5.92 Å². The van der Waals surface area contributed by atoms with Gasteiger partial charge in [-0.15, -0.1) is 6.54 Å². The van der Waals surface area contributed by atoms with Gasteiger partial charge in [0.05, 0.1) is 0 Å². The molecule has 0 aromatic rings. The van der Waals surface area contributed by atoms with Gasteiger partial charge >= 0.3 is 0 Å². The molecule has 0 spiro atoms. The Morgan fingerprint density at radius 1 is 1.58 bits per heavy atom. The SMILES string of the molecule is C[N-]CCN1CCC[C@@H](CO)C1. The summed E-state index contributed by atoms with van der Waals surface area (Å²) in [6, 6.07) is 0. The molecule has 1 fully saturated rings. The topological polar surface area (TPSA) is 37.6 Å². The zero-order chi connectivity index (χ0) is 8.81. The highest BCUT2D eigenvalue weighted by Gasteiger charge is 2.17. The van der Waals surface area contributed by atoms with Gasteiger partial charge in [-0.1, -0.05) is 0 Å². The molecule has 1 N–H and O–H groups in total. The minimum Gasteiger partial charge on any atom is -0.664 e. The molecule has 0 radical (unpaired) electrons. The maximum absolute atomic E-state index is 8.98. The van der Waals surface area contributed by atoms with E-state index in [9.17, 15) is 0 Å². The van der Waals surface area contributed by atoms with Crippen LogP contribution < -0.4 is 0 Å². The number of piperidine rings is 1. The molecule has 0 saturated carbocycles. The molecule has 0 unspecified atom stereocenters. The Kier molecular flexibility index (Phi) is 4.58. The maximum Gasteiger partial charge on any atom is 0.0471 e. The molecule has 1 aliphatic rings. The van der Waals surface area contributed by atoms with Crippen molar-refractivity contribution in [2.45, 2.75) is 12.8 Å². The number of nitrogens with zero attached hydrogens (tertiary/aromatic N) is 2. The summed E-state index contributed by atoms with van der Waals surface area (Å²) in [5, 5.41) is 13.1. The predicted octanol–water partition coefficient (Wildman–Crippen LogP) is 0.694. The zero-order valence-corrected chi connectivity index (χ0v) is 7.87. The van der Waals surface area contributed by atoms with Crippen molar-refractivity contribution in [3.63, 3.8) is 0 Å². The first-order chi connectivity index (χ1) is 5.86. The standard InChI is InChI=1S/C9H19N2O/c1-10-4-6-11-5-2-3-9(7-11)8-12/h9,12H,2-8H2,1H3/q-1/t9-/m1/s1. The maximum atomic E-state index is 8.98. The first-order valence-electron chi connectivity index (χ1n) is 4.75. The highest BCUT2D eigenvalue weighted by Crippen LogP contribution is 2.15. The highest BCUT2D eigenvalue weighted by atomic mass is 16.3. The quantitative estimate of drug-likeness (QED) is 0.676. The molecule has 1 heterocycles. The van der Waals surface area contributed by atoms with E-state index in [-0.39, 0.29) is 0 Å². The fraction of sp³-hybridized carbons (Fsp3) is 1.00. The molecule has 1 saturated heterocycles. The molecule has 1 aliphatic heterocycles. The van der Waals surface area contributed by atoms with E-state index in [2.05, 4.69) is 10.2 Å². The Balaban J connectivity index is 2.16. The summed E-state index contributed by atoms with van der Waals surface area (Å²) < 4.78 is 0. The van der Waals surface area contributed by atoms with Gasteiger partial charge in [0.2, 0.25) is 0 Å². The third-order valence-corrected chi connectivity index (χ3v) is 2.50. The van der Waals surface area contributed by atoms with Gasteiger partial charge in [-0.2, -0.15) is 7.05 Å². The largest absolute Gasteiger partial charge is 0.664 e. The number of likely N-dealkylation sites (tertiary alicyclic amines) is 1. The van der Waals surface area contributed by atoms with Crippen molar-refractivity contribution in [2.24, 2.45) is 5.92 Å². The molecule has 0 aliphatic carbocycles. The average Bonchev–Trinajstić information content (AvgIpc) is 2.15. The lowest BCUT2D eigenvalue weighted by Crippen LogP contribution is -2.38. The third kappa shape index (κ3) is 3.09. The lowest BCUT2D eigenvalue weighted by atomic mass is 9.99. The van der Waals surface area contributed by atoms with Gasteiger partial charge in [0.25, 0.3) is 0 Å². The molecule has 3 heteroatoms. The lowest BCUT2D eigenvalue weighted by molar-refractivity contribution is 0.124. The number of hydrogen-bond donors (Lipinski definition) is 1. The third-order valence-electron chi connectivity index (χ3n) is 2.50. The van der Waals surface area contributed by atoms with E-state index in [1.165, 1.54) is 19.4 Å². The fourth-order valence-corrected chi connectivity index (χ4v) is 1.74. The second-order valence-corrected chi connectivity index (χ2v) is 3.53. The Labute approximate surface area is 74.8 Å². The summed E-state index contributed by atoms with van der Waals surface area (Å²) in [4.78, 5) is 2.40. The predicted molar refractivity (Wildman–Crippen MR) is 50.4 cm³/mol. The molecule has 1 atom stereocenters. The van der Waals surface area contributed by atoms with Crippen molar-refractivity contribution in [3.05, 3.63) is 5.32 Å². The summed E-state index contributed by atoms with van der Waals surface area (Å²) in [6.07, 6.45) is 2.42. The van der Waals surface area contributed by atoms with E-state index >= 15 is 0 Å². The fourth-order valence-electron chi connectivity index (χ4n) is 1.74. The molecule has 0 aromatic carbocycles. The molecule has 0 amide bonds. The second kappa shape index (κ2) is 5.51. The van der Waals surface area contributed by atoms with Crippen LogP contribution in [0.1, 0.15) is 12.8 Å². The second-order valence-electron chi connectivity index (χ2n) is 3.53. The molecule has 72 valence electrons. The Morgan fingerprint density at radius 2 is 2.42 bits per heavy atom. The van der Waals surface area contributed by atoms with Crippen molar-refractivity contribution < 1.29 is 5.11 Å². The van der Waals surface area contributed by atoms with Crippen molar-refractivity contribution in [1.82, 2.24) is 4.90 Å².